The second-order valence-electron chi connectivity index (χ2n) is 6.68. The molecule has 0 bridgehead atoms. The molecule has 0 aliphatic heterocycles. The number of benzene rings is 2. The van der Waals surface area contributed by atoms with E-state index in [1.165, 1.54) is 26.8 Å². The molecule has 0 aromatic heterocycles. The molecular formula is C21H23F2NO2. The predicted molar refractivity (Wildman–Crippen MR) is 101 cm³/mol. The van der Waals surface area contributed by atoms with Crippen LogP contribution in [0.15, 0.2) is 29.8 Å². The van der Waals surface area contributed by atoms with Crippen molar-refractivity contribution >= 4 is 17.7 Å². The molecular weight excluding hydrogens is 336 g/mol. The minimum absolute atomic E-state index is 0.0262. The van der Waals surface area contributed by atoms with Crippen molar-refractivity contribution in [3.05, 3.63) is 58.2 Å². The smallest absolute Gasteiger partial charge is 0.331 e. The summed E-state index contributed by atoms with van der Waals surface area (Å²) in [6.07, 6.45) is 1.17. The van der Waals surface area contributed by atoms with Crippen LogP contribution in [0.1, 0.15) is 37.5 Å². The average molecular weight is 359 g/mol. The Balaban J connectivity index is 2.58. The zero-order valence-electron chi connectivity index (χ0n) is 15.6. The van der Waals surface area contributed by atoms with Gasteiger partial charge in [-0.15, -0.1) is 0 Å². The van der Waals surface area contributed by atoms with E-state index in [1.54, 1.807) is 12.1 Å². The lowest BCUT2D eigenvalue weighted by molar-refractivity contribution is -0.132. The van der Waals surface area contributed by atoms with Crippen LogP contribution in [-0.4, -0.2) is 17.1 Å². The summed E-state index contributed by atoms with van der Waals surface area (Å²) in [7, 11) is 0. The molecule has 0 heterocycles. The number of carboxylic acids is 1. The number of hydrogen-bond donors (Lipinski definition) is 2. The molecule has 138 valence electrons. The second-order valence-corrected chi connectivity index (χ2v) is 6.68. The lowest BCUT2D eigenvalue weighted by Gasteiger charge is -2.16. The molecule has 0 radical (unpaired) electrons. The Hall–Kier alpha value is -2.69. The summed E-state index contributed by atoms with van der Waals surface area (Å²) in [5.41, 5.74) is 1.83. The van der Waals surface area contributed by atoms with Crippen LogP contribution in [0.25, 0.3) is 17.2 Å². The normalized spacial score (nSPS) is 11.8. The third kappa shape index (κ3) is 3.93. The third-order valence-corrected chi connectivity index (χ3v) is 4.22. The van der Waals surface area contributed by atoms with Crippen molar-refractivity contribution < 1.29 is 18.7 Å². The fraction of sp³-hybridized carbons (Fsp3) is 0.286. The van der Waals surface area contributed by atoms with Crippen molar-refractivity contribution in [2.24, 2.45) is 0 Å². The van der Waals surface area contributed by atoms with Gasteiger partial charge in [-0.3, -0.25) is 0 Å². The largest absolute Gasteiger partial charge is 0.478 e. The Bertz CT molecular complexity index is 840. The summed E-state index contributed by atoms with van der Waals surface area (Å²) in [6, 6.07) is 7.40. The van der Waals surface area contributed by atoms with Crippen LogP contribution in [0.2, 0.25) is 0 Å². The molecule has 2 aromatic carbocycles. The standard InChI is InChI=1S/C21H23F2NO2/c1-11(2)24-16-8-6-15(7-9-16)18-14(5)19(22)17(13(4)20(18)23)10-12(3)21(25)26/h6-11,24H,1-5H3,(H,25,26). The molecule has 0 aliphatic rings. The number of carboxylic acid groups (broad SMARTS) is 1. The molecule has 0 saturated heterocycles. The molecule has 0 saturated carbocycles. The molecule has 0 atom stereocenters. The van der Waals surface area contributed by atoms with Crippen molar-refractivity contribution in [2.75, 3.05) is 5.32 Å². The molecule has 0 spiro atoms. The molecule has 26 heavy (non-hydrogen) atoms. The van der Waals surface area contributed by atoms with Crippen LogP contribution < -0.4 is 5.32 Å². The van der Waals surface area contributed by atoms with E-state index in [9.17, 15) is 13.6 Å². The summed E-state index contributed by atoms with van der Waals surface area (Å²) in [4.78, 5) is 11.0. The van der Waals surface area contributed by atoms with Crippen molar-refractivity contribution in [1.82, 2.24) is 0 Å². The van der Waals surface area contributed by atoms with Gasteiger partial charge in [0.2, 0.25) is 0 Å². The maximum atomic E-state index is 15.0. The molecule has 3 nitrogen and oxygen atoms in total. The molecule has 2 aromatic rings. The van der Waals surface area contributed by atoms with Crippen molar-refractivity contribution in [3.8, 4) is 11.1 Å². The second kappa shape index (κ2) is 7.68. The minimum Gasteiger partial charge on any atom is -0.478 e. The van der Waals surface area contributed by atoms with Gasteiger partial charge in [-0.2, -0.15) is 0 Å². The summed E-state index contributed by atoms with van der Waals surface area (Å²) in [6.45, 7) is 8.34. The monoisotopic (exact) mass is 359 g/mol. The lowest BCUT2D eigenvalue weighted by Crippen LogP contribution is -2.09. The first-order valence-corrected chi connectivity index (χ1v) is 8.40. The molecule has 0 unspecified atom stereocenters. The van der Waals surface area contributed by atoms with E-state index in [-0.39, 0.29) is 33.9 Å². The van der Waals surface area contributed by atoms with Gasteiger partial charge in [0.15, 0.2) is 0 Å². The van der Waals surface area contributed by atoms with Crippen LogP contribution >= 0.6 is 0 Å². The number of carbonyl (C=O) groups is 1. The van der Waals surface area contributed by atoms with E-state index in [0.717, 1.165) is 5.69 Å². The third-order valence-electron chi connectivity index (χ3n) is 4.22. The quantitative estimate of drug-likeness (QED) is 0.688. The highest BCUT2D eigenvalue weighted by Crippen LogP contribution is 2.34. The van der Waals surface area contributed by atoms with Crippen molar-refractivity contribution in [1.29, 1.82) is 0 Å². The summed E-state index contributed by atoms with van der Waals surface area (Å²) >= 11 is 0. The first-order valence-electron chi connectivity index (χ1n) is 8.40. The number of anilines is 1. The SMILES string of the molecule is CC(=Cc1c(C)c(F)c(-c2ccc(NC(C)C)cc2)c(C)c1F)C(=O)O. The highest BCUT2D eigenvalue weighted by atomic mass is 19.1. The van der Waals surface area contributed by atoms with Crippen LogP contribution in [0.3, 0.4) is 0 Å². The molecule has 5 heteroatoms. The fourth-order valence-corrected chi connectivity index (χ4v) is 2.81. The number of halogens is 2. The van der Waals surface area contributed by atoms with E-state index >= 15 is 0 Å². The Morgan fingerprint density at radius 2 is 1.65 bits per heavy atom. The Morgan fingerprint density at radius 1 is 1.08 bits per heavy atom. The van der Waals surface area contributed by atoms with Gasteiger partial charge >= 0.3 is 5.97 Å². The van der Waals surface area contributed by atoms with Gasteiger partial charge in [0.1, 0.15) is 11.6 Å². The molecule has 2 N–H and O–H groups in total. The predicted octanol–water partition coefficient (Wildman–Crippen LogP) is 5.56. The van der Waals surface area contributed by atoms with Gasteiger partial charge in [-0.25, -0.2) is 13.6 Å². The van der Waals surface area contributed by atoms with Crippen LogP contribution in [0.5, 0.6) is 0 Å². The lowest BCUT2D eigenvalue weighted by atomic mass is 9.92. The fourth-order valence-electron chi connectivity index (χ4n) is 2.81. The van der Waals surface area contributed by atoms with Gasteiger partial charge < -0.3 is 10.4 Å². The maximum absolute atomic E-state index is 15.0. The zero-order chi connectivity index (χ0) is 19.6. The van der Waals surface area contributed by atoms with E-state index in [4.69, 9.17) is 5.11 Å². The number of rotatable bonds is 5. The van der Waals surface area contributed by atoms with Crippen LogP contribution in [0, 0.1) is 25.5 Å². The van der Waals surface area contributed by atoms with E-state index in [1.807, 2.05) is 26.0 Å². The van der Waals surface area contributed by atoms with E-state index in [0.29, 0.717) is 5.56 Å². The van der Waals surface area contributed by atoms with E-state index < -0.39 is 17.6 Å². The number of hydrogen-bond acceptors (Lipinski definition) is 2. The van der Waals surface area contributed by atoms with Gasteiger partial charge in [-0.1, -0.05) is 12.1 Å². The highest BCUT2D eigenvalue weighted by molar-refractivity contribution is 5.92. The maximum Gasteiger partial charge on any atom is 0.331 e. The Kier molecular flexibility index (Phi) is 5.80. The van der Waals surface area contributed by atoms with Gasteiger partial charge in [-0.05, 0) is 69.5 Å². The summed E-state index contributed by atoms with van der Waals surface area (Å²) < 4.78 is 29.8. The Morgan fingerprint density at radius 3 is 2.15 bits per heavy atom. The molecule has 0 aliphatic carbocycles. The first kappa shape index (κ1) is 19.6. The highest BCUT2D eigenvalue weighted by Gasteiger charge is 2.20. The van der Waals surface area contributed by atoms with Crippen molar-refractivity contribution in [3.63, 3.8) is 0 Å². The molecule has 2 rings (SSSR count). The Labute approximate surface area is 152 Å². The molecule has 0 fully saturated rings. The first-order chi connectivity index (χ1) is 12.1. The van der Waals surface area contributed by atoms with Crippen LogP contribution in [-0.2, 0) is 4.79 Å². The topological polar surface area (TPSA) is 49.3 Å². The summed E-state index contributed by atoms with van der Waals surface area (Å²) in [5, 5.41) is 12.2. The van der Waals surface area contributed by atoms with E-state index in [2.05, 4.69) is 5.32 Å². The average Bonchev–Trinajstić information content (AvgIpc) is 2.58. The molecule has 0 amide bonds. The number of nitrogens with one attached hydrogen (secondary N) is 1. The van der Waals surface area contributed by atoms with Gasteiger partial charge in [0.05, 0.1) is 0 Å². The minimum atomic E-state index is -1.17. The van der Waals surface area contributed by atoms with Crippen LogP contribution in [0.4, 0.5) is 14.5 Å². The summed E-state index contributed by atoms with van der Waals surface area (Å²) in [5.74, 6) is -2.32. The van der Waals surface area contributed by atoms with Crippen molar-refractivity contribution in [2.45, 2.75) is 40.7 Å². The number of aliphatic carboxylic acids is 1. The van der Waals surface area contributed by atoms with Gasteiger partial charge in [0.25, 0.3) is 0 Å². The van der Waals surface area contributed by atoms with Gasteiger partial charge in [0, 0.05) is 28.4 Å². The zero-order valence-corrected chi connectivity index (χ0v) is 15.6.